The Hall–Kier alpha value is -2.81. The lowest BCUT2D eigenvalue weighted by atomic mass is 9.92. The molecule has 2 heterocycles. The molecule has 120 valence electrons. The second kappa shape index (κ2) is 5.10. The summed E-state index contributed by atoms with van der Waals surface area (Å²) in [5.74, 6) is 1.34. The average Bonchev–Trinajstić information content (AvgIpc) is 2.94. The Morgan fingerprint density at radius 1 is 1.17 bits per heavy atom. The lowest BCUT2D eigenvalue weighted by Crippen LogP contribution is -2.30. The summed E-state index contributed by atoms with van der Waals surface area (Å²) in [6, 6.07) is 14.8. The summed E-state index contributed by atoms with van der Waals surface area (Å²) < 4.78 is 12.2. The van der Waals surface area contributed by atoms with Crippen LogP contribution in [0.15, 0.2) is 69.9 Å². The van der Waals surface area contributed by atoms with Gasteiger partial charge in [0.1, 0.15) is 22.7 Å². The highest BCUT2D eigenvalue weighted by Gasteiger charge is 2.37. The summed E-state index contributed by atoms with van der Waals surface area (Å²) >= 11 is 0. The molecule has 0 N–H and O–H groups in total. The summed E-state index contributed by atoms with van der Waals surface area (Å²) in [4.78, 5) is 12.5. The first kappa shape index (κ1) is 14.8. The van der Waals surface area contributed by atoms with Crippen molar-refractivity contribution in [3.05, 3.63) is 76.5 Å². The Morgan fingerprint density at radius 3 is 2.62 bits per heavy atom. The molecule has 4 rings (SSSR count). The predicted molar refractivity (Wildman–Crippen MR) is 95.5 cm³/mol. The first-order valence-corrected chi connectivity index (χ1v) is 7.98. The number of hydrogen-bond acceptors (Lipinski definition) is 3. The highest BCUT2D eigenvalue weighted by Crippen LogP contribution is 2.42. The van der Waals surface area contributed by atoms with E-state index in [0.29, 0.717) is 23.2 Å². The smallest absolute Gasteiger partial charge is 0.193 e. The third kappa shape index (κ3) is 2.16. The monoisotopic (exact) mass is 318 g/mol. The van der Waals surface area contributed by atoms with E-state index in [-0.39, 0.29) is 5.43 Å². The Bertz CT molecular complexity index is 1010. The van der Waals surface area contributed by atoms with Gasteiger partial charge in [-0.1, -0.05) is 36.9 Å². The fraction of sp³-hybridized carbons (Fsp3) is 0.190. The van der Waals surface area contributed by atoms with Crippen molar-refractivity contribution in [1.29, 1.82) is 0 Å². The molecular weight excluding hydrogens is 300 g/mol. The molecule has 24 heavy (non-hydrogen) atoms. The lowest BCUT2D eigenvalue weighted by molar-refractivity contribution is 0.157. The van der Waals surface area contributed by atoms with Gasteiger partial charge in [0, 0.05) is 23.6 Å². The fourth-order valence-corrected chi connectivity index (χ4v) is 3.12. The molecular formula is C21H18O3. The van der Waals surface area contributed by atoms with Crippen LogP contribution in [-0.2, 0) is 6.42 Å². The van der Waals surface area contributed by atoms with E-state index in [1.807, 2.05) is 50.2 Å². The highest BCUT2D eigenvalue weighted by atomic mass is 16.5. The highest BCUT2D eigenvalue weighted by molar-refractivity contribution is 5.84. The quantitative estimate of drug-likeness (QED) is 0.641. The van der Waals surface area contributed by atoms with Gasteiger partial charge in [0.05, 0.1) is 5.39 Å². The van der Waals surface area contributed by atoms with E-state index >= 15 is 0 Å². The van der Waals surface area contributed by atoms with E-state index < -0.39 is 5.60 Å². The predicted octanol–water partition coefficient (Wildman–Crippen LogP) is 4.73. The van der Waals surface area contributed by atoms with Crippen LogP contribution in [0.5, 0.6) is 5.75 Å². The van der Waals surface area contributed by atoms with Gasteiger partial charge < -0.3 is 9.15 Å². The van der Waals surface area contributed by atoms with Gasteiger partial charge in [-0.05, 0) is 31.6 Å². The molecule has 0 bridgehead atoms. The zero-order chi connectivity index (χ0) is 16.9. The van der Waals surface area contributed by atoms with Crippen LogP contribution in [0.4, 0.5) is 0 Å². The molecule has 0 unspecified atom stereocenters. The Morgan fingerprint density at radius 2 is 1.92 bits per heavy atom. The van der Waals surface area contributed by atoms with Crippen LogP contribution in [0.2, 0.25) is 0 Å². The minimum absolute atomic E-state index is 0.0400. The van der Waals surface area contributed by atoms with Crippen LogP contribution in [0.1, 0.15) is 19.4 Å². The van der Waals surface area contributed by atoms with Crippen molar-refractivity contribution < 1.29 is 9.15 Å². The summed E-state index contributed by atoms with van der Waals surface area (Å²) in [7, 11) is 0. The standard InChI is InChI=1S/C21H18O3/c1-13(2)21(3)12-16-18(24-21)10-9-15-17(22)11-19(23-20(15)16)14-7-5-4-6-8-14/h4-11H,1,12H2,2-3H3/t21-/m1/s1. The maximum absolute atomic E-state index is 12.5. The van der Waals surface area contributed by atoms with E-state index in [9.17, 15) is 4.79 Å². The number of fused-ring (bicyclic) bond motifs is 3. The van der Waals surface area contributed by atoms with Crippen LogP contribution >= 0.6 is 0 Å². The molecule has 0 radical (unpaired) electrons. The summed E-state index contributed by atoms with van der Waals surface area (Å²) in [6.45, 7) is 8.01. The zero-order valence-electron chi connectivity index (χ0n) is 13.8. The summed E-state index contributed by atoms with van der Waals surface area (Å²) in [6.07, 6.45) is 0.649. The van der Waals surface area contributed by atoms with Crippen molar-refractivity contribution in [3.8, 4) is 17.1 Å². The van der Waals surface area contributed by atoms with Crippen LogP contribution in [0.3, 0.4) is 0 Å². The lowest BCUT2D eigenvalue weighted by Gasteiger charge is -2.23. The summed E-state index contributed by atoms with van der Waals surface area (Å²) in [5, 5.41) is 0.586. The molecule has 0 saturated heterocycles. The number of ether oxygens (including phenoxy) is 1. The van der Waals surface area contributed by atoms with E-state index in [2.05, 4.69) is 6.58 Å². The van der Waals surface area contributed by atoms with Crippen LogP contribution in [0, 0.1) is 0 Å². The van der Waals surface area contributed by atoms with Gasteiger partial charge in [-0.2, -0.15) is 0 Å². The number of rotatable bonds is 2. The van der Waals surface area contributed by atoms with E-state index in [1.165, 1.54) is 0 Å². The van der Waals surface area contributed by atoms with Crippen LogP contribution < -0.4 is 10.2 Å². The van der Waals surface area contributed by atoms with Crippen LogP contribution in [-0.4, -0.2) is 5.60 Å². The molecule has 0 saturated carbocycles. The largest absolute Gasteiger partial charge is 0.482 e. The SMILES string of the molecule is C=C(C)[C@@]1(C)Cc2c(ccc3c(=O)cc(-c4ccccc4)oc23)O1. The molecule has 1 aliphatic rings. The molecule has 2 aromatic carbocycles. The van der Waals surface area contributed by atoms with E-state index in [0.717, 1.165) is 22.4 Å². The third-order valence-corrected chi connectivity index (χ3v) is 4.77. The van der Waals surface area contributed by atoms with Crippen molar-refractivity contribution in [2.45, 2.75) is 25.9 Å². The molecule has 3 aromatic rings. The average molecular weight is 318 g/mol. The maximum Gasteiger partial charge on any atom is 0.193 e. The van der Waals surface area contributed by atoms with Gasteiger partial charge in [-0.25, -0.2) is 0 Å². The van der Waals surface area contributed by atoms with Gasteiger partial charge in [-0.3, -0.25) is 4.79 Å². The first-order valence-electron chi connectivity index (χ1n) is 7.98. The van der Waals surface area contributed by atoms with Crippen LogP contribution in [0.25, 0.3) is 22.3 Å². The van der Waals surface area contributed by atoms with Gasteiger partial charge in [-0.15, -0.1) is 0 Å². The maximum atomic E-state index is 12.5. The molecule has 3 nitrogen and oxygen atoms in total. The molecule has 0 fully saturated rings. The molecule has 3 heteroatoms. The molecule has 1 aromatic heterocycles. The summed E-state index contributed by atoms with van der Waals surface area (Å²) in [5.41, 5.74) is 2.89. The Labute approximate surface area is 140 Å². The van der Waals surface area contributed by atoms with Crippen molar-refractivity contribution >= 4 is 11.0 Å². The zero-order valence-corrected chi connectivity index (χ0v) is 13.8. The second-order valence-electron chi connectivity index (χ2n) is 6.55. The molecule has 1 aliphatic heterocycles. The minimum Gasteiger partial charge on any atom is -0.482 e. The van der Waals surface area contributed by atoms with Crippen molar-refractivity contribution in [3.63, 3.8) is 0 Å². The van der Waals surface area contributed by atoms with Gasteiger partial charge in [0.2, 0.25) is 0 Å². The van der Waals surface area contributed by atoms with Gasteiger partial charge in [0.15, 0.2) is 5.43 Å². The number of hydrogen-bond donors (Lipinski definition) is 0. The van der Waals surface area contributed by atoms with Crippen molar-refractivity contribution in [1.82, 2.24) is 0 Å². The van der Waals surface area contributed by atoms with Gasteiger partial charge >= 0.3 is 0 Å². The first-order chi connectivity index (χ1) is 11.5. The molecule has 0 amide bonds. The Kier molecular flexibility index (Phi) is 3.14. The molecule has 0 aliphatic carbocycles. The topological polar surface area (TPSA) is 39.4 Å². The second-order valence-corrected chi connectivity index (χ2v) is 6.55. The van der Waals surface area contributed by atoms with Crippen molar-refractivity contribution in [2.75, 3.05) is 0 Å². The van der Waals surface area contributed by atoms with E-state index in [4.69, 9.17) is 9.15 Å². The van der Waals surface area contributed by atoms with Crippen molar-refractivity contribution in [2.24, 2.45) is 0 Å². The Balaban J connectivity index is 1.96. The normalized spacial score (nSPS) is 19.1. The van der Waals surface area contributed by atoms with Gasteiger partial charge in [0.25, 0.3) is 0 Å². The minimum atomic E-state index is -0.460. The fourth-order valence-electron chi connectivity index (χ4n) is 3.12. The van der Waals surface area contributed by atoms with E-state index in [1.54, 1.807) is 12.1 Å². The molecule has 0 spiro atoms. The number of benzene rings is 2. The third-order valence-electron chi connectivity index (χ3n) is 4.77. The molecule has 1 atom stereocenters.